The fourth-order valence-electron chi connectivity index (χ4n) is 3.07. The highest BCUT2D eigenvalue weighted by Gasteiger charge is 2.36. The van der Waals surface area contributed by atoms with Gasteiger partial charge in [-0.3, -0.25) is 9.59 Å². The van der Waals surface area contributed by atoms with Crippen LogP contribution >= 0.6 is 46.1 Å². The molecule has 10 heteroatoms. The predicted octanol–water partition coefficient (Wildman–Crippen LogP) is 4.40. The number of rotatable bonds is 5. The number of fused-ring (bicyclic) bond motifs is 1. The van der Waals surface area contributed by atoms with Crippen molar-refractivity contribution in [2.24, 2.45) is 5.73 Å². The molecule has 1 aliphatic rings. The maximum atomic E-state index is 13.1. The van der Waals surface area contributed by atoms with Crippen LogP contribution in [0.15, 0.2) is 24.3 Å². The van der Waals surface area contributed by atoms with Gasteiger partial charge >= 0.3 is 0 Å². The van der Waals surface area contributed by atoms with Crippen LogP contribution in [0.3, 0.4) is 0 Å². The summed E-state index contributed by atoms with van der Waals surface area (Å²) in [7, 11) is 0. The molecule has 0 saturated carbocycles. The third-order valence-corrected chi connectivity index (χ3v) is 6.28. The van der Waals surface area contributed by atoms with E-state index in [2.05, 4.69) is 10.6 Å². The van der Waals surface area contributed by atoms with Crippen molar-refractivity contribution in [3.8, 4) is 0 Å². The van der Waals surface area contributed by atoms with Crippen LogP contribution in [-0.4, -0.2) is 21.8 Å². The first-order valence-corrected chi connectivity index (χ1v) is 10.5. The summed E-state index contributed by atoms with van der Waals surface area (Å²) in [5.41, 5.74) is 7.06. The quantitative estimate of drug-likeness (QED) is 0.453. The zero-order valence-corrected chi connectivity index (χ0v) is 17.6. The molecule has 0 spiro atoms. The fourth-order valence-corrected chi connectivity index (χ4v) is 4.72. The number of amides is 2. The first kappa shape index (κ1) is 21.2. The number of hydrogen-bond donors (Lipinski definition) is 3. The Morgan fingerprint density at radius 1 is 1.14 bits per heavy atom. The van der Waals surface area contributed by atoms with Gasteiger partial charge in [0.2, 0.25) is 3.79 Å². The molecule has 1 aromatic heterocycles. The van der Waals surface area contributed by atoms with Crippen molar-refractivity contribution in [3.05, 3.63) is 51.7 Å². The van der Waals surface area contributed by atoms with Gasteiger partial charge in [-0.25, -0.2) is 4.39 Å². The van der Waals surface area contributed by atoms with E-state index < -0.39 is 27.6 Å². The minimum atomic E-state index is -1.92. The number of alkyl halides is 3. The molecule has 1 aromatic carbocycles. The number of halogens is 4. The van der Waals surface area contributed by atoms with Gasteiger partial charge in [0, 0.05) is 10.4 Å². The molecule has 150 valence electrons. The van der Waals surface area contributed by atoms with Crippen molar-refractivity contribution in [2.75, 3.05) is 5.32 Å². The second-order valence-electron chi connectivity index (χ2n) is 6.38. The minimum absolute atomic E-state index is 0.197. The summed E-state index contributed by atoms with van der Waals surface area (Å²) in [4.78, 5) is 25.6. The molecule has 4 N–H and O–H groups in total. The first-order valence-electron chi connectivity index (χ1n) is 8.51. The maximum absolute atomic E-state index is 13.1. The van der Waals surface area contributed by atoms with E-state index in [1.54, 1.807) is 0 Å². The normalized spacial score (nSPS) is 14.9. The predicted molar refractivity (Wildman–Crippen MR) is 111 cm³/mol. The maximum Gasteiger partial charge on any atom is 0.252 e. The third kappa shape index (κ3) is 4.71. The van der Waals surface area contributed by atoms with E-state index in [0.717, 1.165) is 48.3 Å². The highest BCUT2D eigenvalue weighted by Crippen LogP contribution is 2.40. The van der Waals surface area contributed by atoms with Crippen LogP contribution in [0.5, 0.6) is 0 Å². The first-order chi connectivity index (χ1) is 13.2. The average molecular weight is 465 g/mol. The molecule has 0 saturated heterocycles. The number of benzene rings is 1. The molecule has 1 heterocycles. The number of carbonyl (C=O) groups is 2. The molecule has 0 aliphatic heterocycles. The van der Waals surface area contributed by atoms with E-state index in [1.165, 1.54) is 23.5 Å². The standard InChI is InChI=1S/C18H17Cl3FN3O2S/c19-18(20,21)17(24-15(27)9-5-7-10(22)8-6-9)25-16-13(14(23)26)11-3-1-2-4-12(11)28-16/h5-8,17,25H,1-4H2,(H2,23,26)(H,24,27)/t17-/m0/s1. The lowest BCUT2D eigenvalue weighted by Gasteiger charge is -2.27. The van der Waals surface area contributed by atoms with Crippen molar-refractivity contribution in [1.82, 2.24) is 5.32 Å². The largest absolute Gasteiger partial charge is 0.365 e. The van der Waals surface area contributed by atoms with Crippen molar-refractivity contribution < 1.29 is 14.0 Å². The van der Waals surface area contributed by atoms with Crippen LogP contribution in [0.4, 0.5) is 9.39 Å². The average Bonchev–Trinajstić information content (AvgIpc) is 2.99. The topological polar surface area (TPSA) is 84.2 Å². The Morgan fingerprint density at radius 2 is 1.79 bits per heavy atom. The fraction of sp³-hybridized carbons (Fsp3) is 0.333. The van der Waals surface area contributed by atoms with Gasteiger partial charge in [-0.15, -0.1) is 11.3 Å². The van der Waals surface area contributed by atoms with Crippen LogP contribution < -0.4 is 16.4 Å². The number of nitrogens with one attached hydrogen (secondary N) is 2. The summed E-state index contributed by atoms with van der Waals surface area (Å²) in [6.07, 6.45) is 2.46. The molecule has 1 atom stereocenters. The van der Waals surface area contributed by atoms with Gasteiger partial charge in [-0.05, 0) is 55.5 Å². The second-order valence-corrected chi connectivity index (χ2v) is 9.85. The summed E-state index contributed by atoms with van der Waals surface area (Å²) in [5.74, 6) is -1.61. The Kier molecular flexibility index (Phi) is 6.39. The van der Waals surface area contributed by atoms with E-state index in [9.17, 15) is 14.0 Å². The van der Waals surface area contributed by atoms with Crippen LogP contribution in [0.2, 0.25) is 0 Å². The molecule has 2 aromatic rings. The van der Waals surface area contributed by atoms with E-state index >= 15 is 0 Å². The van der Waals surface area contributed by atoms with Gasteiger partial charge in [0.25, 0.3) is 11.8 Å². The Hall–Kier alpha value is -1.54. The lowest BCUT2D eigenvalue weighted by molar-refractivity contribution is 0.0941. The summed E-state index contributed by atoms with van der Waals surface area (Å²) in [6, 6.07) is 4.95. The number of hydrogen-bond acceptors (Lipinski definition) is 4. The van der Waals surface area contributed by atoms with Gasteiger partial charge in [0.15, 0.2) is 0 Å². The van der Waals surface area contributed by atoms with E-state index in [4.69, 9.17) is 40.5 Å². The second kappa shape index (κ2) is 8.45. The smallest absolute Gasteiger partial charge is 0.252 e. The molecular formula is C18H17Cl3FN3O2S. The lowest BCUT2D eigenvalue weighted by atomic mass is 9.95. The lowest BCUT2D eigenvalue weighted by Crippen LogP contribution is -2.49. The summed E-state index contributed by atoms with van der Waals surface area (Å²) in [6.45, 7) is 0. The van der Waals surface area contributed by atoms with Crippen molar-refractivity contribution in [1.29, 1.82) is 0 Å². The molecular weight excluding hydrogens is 448 g/mol. The molecule has 5 nitrogen and oxygen atoms in total. The Labute approximate surface area is 180 Å². The summed E-state index contributed by atoms with van der Waals surface area (Å²) in [5, 5.41) is 5.98. The van der Waals surface area contributed by atoms with Gasteiger partial charge in [-0.1, -0.05) is 34.8 Å². The Bertz CT molecular complexity index is 897. The number of aryl methyl sites for hydroxylation is 1. The molecule has 0 bridgehead atoms. The van der Waals surface area contributed by atoms with Crippen LogP contribution in [0.25, 0.3) is 0 Å². The van der Waals surface area contributed by atoms with Gasteiger partial charge in [-0.2, -0.15) is 0 Å². The number of thiophene rings is 1. The number of anilines is 1. The zero-order chi connectivity index (χ0) is 20.5. The van der Waals surface area contributed by atoms with Gasteiger partial charge in [0.05, 0.1) is 5.56 Å². The Morgan fingerprint density at radius 3 is 2.39 bits per heavy atom. The summed E-state index contributed by atoms with van der Waals surface area (Å²) >= 11 is 19.5. The SMILES string of the molecule is NC(=O)c1c(N[C@H](NC(=O)c2ccc(F)cc2)C(Cl)(Cl)Cl)sc2c1CCCC2. The number of primary amides is 1. The molecule has 0 fully saturated rings. The van der Waals surface area contributed by atoms with E-state index in [-0.39, 0.29) is 5.56 Å². The Balaban J connectivity index is 1.88. The van der Waals surface area contributed by atoms with Gasteiger partial charge in [0.1, 0.15) is 17.0 Å². The molecule has 2 amide bonds. The van der Waals surface area contributed by atoms with Crippen molar-refractivity contribution in [2.45, 2.75) is 35.6 Å². The molecule has 3 rings (SSSR count). The van der Waals surface area contributed by atoms with Crippen LogP contribution in [0, 0.1) is 5.82 Å². The van der Waals surface area contributed by atoms with Gasteiger partial charge < -0.3 is 16.4 Å². The molecule has 0 radical (unpaired) electrons. The minimum Gasteiger partial charge on any atom is -0.365 e. The van der Waals surface area contributed by atoms with Crippen molar-refractivity contribution >= 4 is 63.0 Å². The molecule has 28 heavy (non-hydrogen) atoms. The van der Waals surface area contributed by atoms with E-state index in [1.807, 2.05) is 0 Å². The van der Waals surface area contributed by atoms with Crippen LogP contribution in [-0.2, 0) is 12.8 Å². The van der Waals surface area contributed by atoms with Crippen LogP contribution in [0.1, 0.15) is 44.0 Å². The highest BCUT2D eigenvalue weighted by atomic mass is 35.6. The third-order valence-electron chi connectivity index (χ3n) is 4.40. The molecule has 0 unspecified atom stereocenters. The monoisotopic (exact) mass is 463 g/mol. The summed E-state index contributed by atoms with van der Waals surface area (Å²) < 4.78 is 11.2. The number of carbonyl (C=O) groups excluding carboxylic acids is 2. The number of nitrogens with two attached hydrogens (primary N) is 1. The zero-order valence-electron chi connectivity index (χ0n) is 14.5. The van der Waals surface area contributed by atoms with Crippen molar-refractivity contribution in [3.63, 3.8) is 0 Å². The van der Waals surface area contributed by atoms with E-state index in [0.29, 0.717) is 10.6 Å². The molecule has 1 aliphatic carbocycles. The highest BCUT2D eigenvalue weighted by molar-refractivity contribution is 7.16.